The highest BCUT2D eigenvalue weighted by Gasteiger charge is 2.07. The van der Waals surface area contributed by atoms with Crippen molar-refractivity contribution in [2.45, 2.75) is 135 Å². The Morgan fingerprint density at radius 2 is 1.03 bits per heavy atom. The van der Waals surface area contributed by atoms with E-state index in [1.54, 1.807) is 0 Å². The van der Waals surface area contributed by atoms with Crippen LogP contribution in [0.25, 0.3) is 0 Å². The quantitative estimate of drug-likeness (QED) is 0.0879. The third kappa shape index (κ3) is 32.3. The van der Waals surface area contributed by atoms with E-state index >= 15 is 0 Å². The summed E-state index contributed by atoms with van der Waals surface area (Å²) >= 11 is 0. The van der Waals surface area contributed by atoms with E-state index in [4.69, 9.17) is 0 Å². The molecular weight excluding hydrogens is 567 g/mol. The maximum absolute atomic E-state index is 12.1. The van der Waals surface area contributed by atoms with Crippen molar-refractivity contribution in [3.63, 3.8) is 0 Å². The van der Waals surface area contributed by atoms with Crippen LogP contribution in [0.1, 0.15) is 135 Å². The minimum Gasteiger partial charge on any atom is -1.00 e. The third-order valence-corrected chi connectivity index (χ3v) is 8.07. The normalized spacial score (nSPS) is 12.3. The van der Waals surface area contributed by atoms with Crippen LogP contribution in [-0.2, 0) is 15.6 Å². The zero-order valence-corrected chi connectivity index (χ0v) is 27.0. The molecule has 1 atom stereocenters. The van der Waals surface area contributed by atoms with Gasteiger partial charge in [0.15, 0.2) is 0 Å². The van der Waals surface area contributed by atoms with E-state index in [-0.39, 0.29) is 29.9 Å². The number of hydrogen-bond donors (Lipinski definition) is 1. The second-order valence-corrected chi connectivity index (χ2v) is 13.0. The van der Waals surface area contributed by atoms with E-state index < -0.39 is 10.8 Å². The number of quaternary nitrogens is 1. The summed E-state index contributed by atoms with van der Waals surface area (Å²) < 4.78 is 13.1. The van der Waals surface area contributed by atoms with Crippen LogP contribution in [0, 0.1) is 0 Å². The van der Waals surface area contributed by atoms with Gasteiger partial charge in [0, 0.05) is 41.7 Å². The average Bonchev–Trinajstić information content (AvgIpc) is 2.78. The molecule has 0 fully saturated rings. The number of nitrogens with one attached hydrogen (secondary N) is 1. The van der Waals surface area contributed by atoms with Crippen molar-refractivity contribution in [2.24, 2.45) is 0 Å². The van der Waals surface area contributed by atoms with Crippen LogP contribution in [0.4, 0.5) is 0 Å². The fourth-order valence-corrected chi connectivity index (χ4v) is 5.59. The Labute approximate surface area is 239 Å². The van der Waals surface area contributed by atoms with Gasteiger partial charge in [-0.3, -0.25) is 9.00 Å². The van der Waals surface area contributed by atoms with E-state index in [0.717, 1.165) is 61.2 Å². The third-order valence-electron chi connectivity index (χ3n) is 6.58. The Morgan fingerprint density at radius 1 is 0.629 bits per heavy atom. The molecule has 0 bridgehead atoms. The van der Waals surface area contributed by atoms with Crippen molar-refractivity contribution < 1.29 is 37.5 Å². The summed E-state index contributed by atoms with van der Waals surface area (Å²) in [5.74, 6) is 2.04. The lowest BCUT2D eigenvalue weighted by atomic mass is 10.1. The van der Waals surface area contributed by atoms with E-state index in [0.29, 0.717) is 6.42 Å². The fourth-order valence-electron chi connectivity index (χ4n) is 4.33. The van der Waals surface area contributed by atoms with Crippen molar-refractivity contribution in [1.82, 2.24) is 5.32 Å². The molecule has 1 unspecified atom stereocenters. The van der Waals surface area contributed by atoms with Gasteiger partial charge in [-0.05, 0) is 19.3 Å². The number of carbonyl (C=O) groups excluding carboxylic acids is 1. The Morgan fingerprint density at radius 3 is 1.46 bits per heavy atom. The molecule has 4 nitrogen and oxygen atoms in total. The number of amides is 1. The van der Waals surface area contributed by atoms with E-state index in [2.05, 4.69) is 33.4 Å². The molecule has 35 heavy (non-hydrogen) atoms. The minimum atomic E-state index is -0.596. The number of nitrogens with zero attached hydrogens (tertiary/aromatic N) is 1. The lowest BCUT2D eigenvalue weighted by Crippen LogP contribution is -3.00. The summed E-state index contributed by atoms with van der Waals surface area (Å²) in [5, 5.41) is 3.05. The molecule has 6 heteroatoms. The highest BCUT2D eigenvalue weighted by Crippen LogP contribution is 2.12. The molecule has 0 aromatic carbocycles. The summed E-state index contributed by atoms with van der Waals surface area (Å²) in [4.78, 5) is 11.9. The lowest BCUT2D eigenvalue weighted by molar-refractivity contribution is -0.870. The monoisotopic (exact) mass is 628 g/mol. The van der Waals surface area contributed by atoms with E-state index in [9.17, 15) is 9.00 Å². The average molecular weight is 629 g/mol. The maximum Gasteiger partial charge on any atom is 0.219 e. The topological polar surface area (TPSA) is 46.2 Å². The van der Waals surface area contributed by atoms with Crippen LogP contribution >= 0.6 is 0 Å². The van der Waals surface area contributed by atoms with Gasteiger partial charge in [0.1, 0.15) is 0 Å². The zero-order valence-electron chi connectivity index (χ0n) is 24.0. The molecular formula is C29H61IN2O2S. The summed E-state index contributed by atoms with van der Waals surface area (Å²) in [6, 6.07) is 0. The lowest BCUT2D eigenvalue weighted by Gasteiger charge is -2.23. The molecule has 0 spiro atoms. The van der Waals surface area contributed by atoms with E-state index in [1.807, 2.05) is 0 Å². The van der Waals surface area contributed by atoms with Crippen LogP contribution in [0.5, 0.6) is 0 Å². The van der Waals surface area contributed by atoms with Gasteiger partial charge in [0.05, 0.1) is 27.7 Å². The van der Waals surface area contributed by atoms with Gasteiger partial charge in [-0.15, -0.1) is 0 Å². The first kappa shape index (κ1) is 37.5. The summed E-state index contributed by atoms with van der Waals surface area (Å²) in [6.45, 7) is 4.17. The highest BCUT2D eigenvalue weighted by atomic mass is 127. The van der Waals surface area contributed by atoms with Gasteiger partial charge in [-0.25, -0.2) is 0 Å². The first-order valence-electron chi connectivity index (χ1n) is 14.8. The van der Waals surface area contributed by atoms with Gasteiger partial charge in [0.2, 0.25) is 5.91 Å². The van der Waals surface area contributed by atoms with Gasteiger partial charge < -0.3 is 33.8 Å². The Hall–Kier alpha value is 0.310. The predicted molar refractivity (Wildman–Crippen MR) is 152 cm³/mol. The van der Waals surface area contributed by atoms with Crippen LogP contribution in [0.15, 0.2) is 0 Å². The number of carbonyl (C=O) groups is 1. The molecule has 212 valence electrons. The molecule has 1 amide bonds. The molecule has 0 aliphatic heterocycles. The van der Waals surface area contributed by atoms with Crippen molar-refractivity contribution in [3.05, 3.63) is 0 Å². The van der Waals surface area contributed by atoms with E-state index in [1.165, 1.54) is 89.9 Å². The van der Waals surface area contributed by atoms with Crippen LogP contribution in [0.2, 0.25) is 0 Å². The highest BCUT2D eigenvalue weighted by molar-refractivity contribution is 7.84. The molecule has 0 saturated heterocycles. The Kier molecular flexibility index (Phi) is 29.3. The smallest absolute Gasteiger partial charge is 0.219 e. The largest absolute Gasteiger partial charge is 1.00 e. The Bertz CT molecular complexity index is 484. The summed E-state index contributed by atoms with van der Waals surface area (Å²) in [7, 11) is 5.95. The van der Waals surface area contributed by atoms with Gasteiger partial charge in [-0.2, -0.15) is 0 Å². The SMILES string of the molecule is CCCCCCCCCCCCS(=O)CCCCCCCCCCC(=O)NCCC[N+](C)(C)C.[I-]. The van der Waals surface area contributed by atoms with Gasteiger partial charge >= 0.3 is 0 Å². The zero-order chi connectivity index (χ0) is 25.3. The fraction of sp³-hybridized carbons (Fsp3) is 0.966. The standard InChI is InChI=1S/C29H60N2O2S.HI/c1-5-6-7-8-9-10-12-15-18-21-27-34(33)28-22-19-16-13-11-14-17-20-24-29(32)30-25-23-26-31(2,3)4;/h5-28H2,1-4H3;1H. The second-order valence-electron chi connectivity index (χ2n) is 11.3. The molecule has 0 aliphatic carbocycles. The van der Waals surface area contributed by atoms with Crippen LogP contribution in [-0.4, -0.2) is 60.3 Å². The number of unbranched alkanes of at least 4 members (excludes halogenated alkanes) is 16. The number of hydrogen-bond acceptors (Lipinski definition) is 2. The summed E-state index contributed by atoms with van der Waals surface area (Å²) in [6.07, 6.45) is 24.7. The molecule has 1 N–H and O–H groups in total. The minimum absolute atomic E-state index is 0. The van der Waals surface area contributed by atoms with Gasteiger partial charge in [0.25, 0.3) is 0 Å². The van der Waals surface area contributed by atoms with Crippen LogP contribution in [0.3, 0.4) is 0 Å². The number of halogens is 1. The molecule has 0 aromatic rings. The first-order valence-corrected chi connectivity index (χ1v) is 16.3. The number of rotatable bonds is 26. The molecule has 0 radical (unpaired) electrons. The van der Waals surface area contributed by atoms with Gasteiger partial charge in [-0.1, -0.05) is 103 Å². The van der Waals surface area contributed by atoms with Crippen molar-refractivity contribution in [3.8, 4) is 0 Å². The van der Waals surface area contributed by atoms with Crippen molar-refractivity contribution in [2.75, 3.05) is 45.7 Å². The second kappa shape index (κ2) is 27.3. The first-order chi connectivity index (χ1) is 16.3. The maximum atomic E-state index is 12.1. The Balaban J connectivity index is 0. The predicted octanol–water partition coefficient (Wildman–Crippen LogP) is 4.38. The molecule has 0 saturated carbocycles. The molecule has 0 aromatic heterocycles. The summed E-state index contributed by atoms with van der Waals surface area (Å²) in [5.41, 5.74) is 0. The molecule has 0 rings (SSSR count). The van der Waals surface area contributed by atoms with Crippen molar-refractivity contribution >= 4 is 16.7 Å². The van der Waals surface area contributed by atoms with Crippen LogP contribution < -0.4 is 29.3 Å². The molecule has 0 heterocycles. The van der Waals surface area contributed by atoms with Crippen molar-refractivity contribution in [1.29, 1.82) is 0 Å². The molecule has 0 aliphatic rings.